The van der Waals surface area contributed by atoms with Crippen molar-refractivity contribution in [2.75, 3.05) is 4.90 Å². The highest BCUT2D eigenvalue weighted by Gasteiger charge is 2.36. The van der Waals surface area contributed by atoms with E-state index in [0.717, 1.165) is 32.4 Å². The number of rotatable bonds is 3. The van der Waals surface area contributed by atoms with Crippen LogP contribution >= 0.6 is 15.9 Å². The summed E-state index contributed by atoms with van der Waals surface area (Å²) in [6.07, 6.45) is 3.45. The number of carbonyl (C=O) groups excluding carboxylic acids is 3. The molecule has 28 heavy (non-hydrogen) atoms. The molecule has 6 nitrogen and oxygen atoms in total. The number of nitrogens with zero attached hydrogens (tertiary/aromatic N) is 2. The predicted molar refractivity (Wildman–Crippen MR) is 111 cm³/mol. The minimum atomic E-state index is -0.759. The molecule has 1 aliphatic rings. The van der Waals surface area contributed by atoms with Crippen molar-refractivity contribution in [1.82, 2.24) is 9.88 Å². The molecule has 0 bridgehead atoms. The van der Waals surface area contributed by atoms with Crippen LogP contribution in [-0.4, -0.2) is 22.4 Å². The number of hydrogen-bond donors (Lipinski definition) is 1. The lowest BCUT2D eigenvalue weighted by molar-refractivity contribution is -0.122. The molecule has 0 saturated carbocycles. The molecule has 1 aromatic heterocycles. The number of hydrogen-bond acceptors (Lipinski definition) is 3. The van der Waals surface area contributed by atoms with Crippen molar-refractivity contribution in [3.05, 3.63) is 70.3 Å². The SMILES string of the molecule is CCn1cc(/C=C2\C(=O)NC(=O)N(c3ccc(Br)cc3)C2=O)c2ccccc21. The number of urea groups is 1. The van der Waals surface area contributed by atoms with Gasteiger partial charge >= 0.3 is 6.03 Å². The first-order valence-corrected chi connectivity index (χ1v) is 9.54. The molecule has 0 unspecified atom stereocenters. The second-order valence-electron chi connectivity index (χ2n) is 6.32. The predicted octanol–water partition coefficient (Wildman–Crippen LogP) is 4.09. The fourth-order valence-electron chi connectivity index (χ4n) is 3.29. The van der Waals surface area contributed by atoms with Crippen LogP contribution in [0.5, 0.6) is 0 Å². The standard InChI is InChI=1S/C21H16BrN3O3/c1-2-24-12-13(16-5-3-4-6-18(16)24)11-17-19(26)23-21(28)25(20(17)27)15-9-7-14(22)8-10-15/h3-12H,2H2,1H3,(H,23,26,28)/b17-11+. The Hall–Kier alpha value is -3.19. The zero-order valence-corrected chi connectivity index (χ0v) is 16.6. The Labute approximate surface area is 169 Å². The van der Waals surface area contributed by atoms with Gasteiger partial charge in [-0.3, -0.25) is 14.9 Å². The molecule has 0 spiro atoms. The van der Waals surface area contributed by atoms with Gasteiger partial charge in [0, 0.05) is 33.7 Å². The average molecular weight is 438 g/mol. The maximum atomic E-state index is 13.0. The molecule has 7 heteroatoms. The van der Waals surface area contributed by atoms with Crippen LogP contribution in [0.15, 0.2) is 64.8 Å². The molecule has 4 rings (SSSR count). The van der Waals surface area contributed by atoms with Crippen LogP contribution in [0.4, 0.5) is 10.5 Å². The van der Waals surface area contributed by atoms with Crippen LogP contribution in [0.3, 0.4) is 0 Å². The summed E-state index contributed by atoms with van der Waals surface area (Å²) in [5.41, 5.74) is 2.07. The summed E-state index contributed by atoms with van der Waals surface area (Å²) >= 11 is 3.33. The molecule has 0 aliphatic carbocycles. The molecule has 1 fully saturated rings. The van der Waals surface area contributed by atoms with Crippen molar-refractivity contribution in [2.45, 2.75) is 13.5 Å². The van der Waals surface area contributed by atoms with Crippen LogP contribution in [0.25, 0.3) is 17.0 Å². The van der Waals surface area contributed by atoms with Gasteiger partial charge in [0.05, 0.1) is 5.69 Å². The van der Waals surface area contributed by atoms with Crippen molar-refractivity contribution < 1.29 is 14.4 Å². The number of nitrogens with one attached hydrogen (secondary N) is 1. The number of benzene rings is 2. The number of anilines is 1. The van der Waals surface area contributed by atoms with Crippen LogP contribution in [0.1, 0.15) is 12.5 Å². The number of aryl methyl sites for hydroxylation is 1. The van der Waals surface area contributed by atoms with Gasteiger partial charge in [0.25, 0.3) is 11.8 Å². The van der Waals surface area contributed by atoms with E-state index in [2.05, 4.69) is 21.2 Å². The Morgan fingerprint density at radius 1 is 1.04 bits per heavy atom. The van der Waals surface area contributed by atoms with Gasteiger partial charge in [-0.2, -0.15) is 0 Å². The minimum absolute atomic E-state index is 0.0819. The van der Waals surface area contributed by atoms with Crippen molar-refractivity contribution in [3.63, 3.8) is 0 Å². The van der Waals surface area contributed by atoms with E-state index in [4.69, 9.17) is 0 Å². The maximum absolute atomic E-state index is 13.0. The summed E-state index contributed by atoms with van der Waals surface area (Å²) in [5.74, 6) is -1.35. The Morgan fingerprint density at radius 2 is 1.75 bits per heavy atom. The van der Waals surface area contributed by atoms with E-state index in [1.54, 1.807) is 30.3 Å². The summed E-state index contributed by atoms with van der Waals surface area (Å²) in [6.45, 7) is 2.78. The van der Waals surface area contributed by atoms with E-state index in [1.165, 1.54) is 0 Å². The summed E-state index contributed by atoms with van der Waals surface area (Å²) < 4.78 is 2.87. The molecule has 1 N–H and O–H groups in total. The third-order valence-electron chi connectivity index (χ3n) is 4.65. The molecule has 4 amide bonds. The van der Waals surface area contributed by atoms with Gasteiger partial charge in [0.15, 0.2) is 0 Å². The summed E-state index contributed by atoms with van der Waals surface area (Å²) in [7, 11) is 0. The lowest BCUT2D eigenvalue weighted by atomic mass is 10.1. The number of aromatic nitrogens is 1. The first kappa shape index (κ1) is 18.2. The zero-order chi connectivity index (χ0) is 19.8. The first-order valence-electron chi connectivity index (χ1n) is 8.74. The normalized spacial score (nSPS) is 16.1. The van der Waals surface area contributed by atoms with Crippen molar-refractivity contribution >= 4 is 56.4 Å². The first-order chi connectivity index (χ1) is 13.5. The average Bonchev–Trinajstić information content (AvgIpc) is 3.04. The number of halogens is 1. The molecule has 0 radical (unpaired) electrons. The van der Waals surface area contributed by atoms with Gasteiger partial charge in [-0.05, 0) is 43.3 Å². The van der Waals surface area contributed by atoms with Crippen LogP contribution in [0.2, 0.25) is 0 Å². The van der Waals surface area contributed by atoms with Gasteiger partial charge in [-0.1, -0.05) is 34.1 Å². The summed E-state index contributed by atoms with van der Waals surface area (Å²) in [5, 5.41) is 3.19. The van der Waals surface area contributed by atoms with Gasteiger partial charge in [-0.15, -0.1) is 0 Å². The topological polar surface area (TPSA) is 71.4 Å². The lowest BCUT2D eigenvalue weighted by Gasteiger charge is -2.26. The Kier molecular flexibility index (Phi) is 4.60. The van der Waals surface area contributed by atoms with E-state index >= 15 is 0 Å². The third kappa shape index (κ3) is 3.03. The van der Waals surface area contributed by atoms with Gasteiger partial charge < -0.3 is 4.57 Å². The van der Waals surface area contributed by atoms with E-state index in [9.17, 15) is 14.4 Å². The quantitative estimate of drug-likeness (QED) is 0.495. The highest BCUT2D eigenvalue weighted by Crippen LogP contribution is 2.27. The van der Waals surface area contributed by atoms with E-state index in [-0.39, 0.29) is 5.57 Å². The molecular weight excluding hydrogens is 422 g/mol. The van der Waals surface area contributed by atoms with Crippen LogP contribution in [-0.2, 0) is 16.1 Å². The van der Waals surface area contributed by atoms with Gasteiger partial charge in [-0.25, -0.2) is 9.69 Å². The monoisotopic (exact) mass is 437 g/mol. The molecule has 1 aliphatic heterocycles. The molecule has 3 aromatic rings. The van der Waals surface area contributed by atoms with Crippen molar-refractivity contribution in [3.8, 4) is 0 Å². The second-order valence-corrected chi connectivity index (χ2v) is 7.24. The fourth-order valence-corrected chi connectivity index (χ4v) is 3.55. The van der Waals surface area contributed by atoms with Crippen molar-refractivity contribution in [1.29, 1.82) is 0 Å². The highest BCUT2D eigenvalue weighted by molar-refractivity contribution is 9.10. The third-order valence-corrected chi connectivity index (χ3v) is 5.18. The number of para-hydroxylation sites is 1. The Bertz CT molecular complexity index is 1150. The number of imide groups is 2. The number of carbonyl (C=O) groups is 3. The second kappa shape index (κ2) is 7.09. The van der Waals surface area contributed by atoms with Crippen molar-refractivity contribution in [2.24, 2.45) is 0 Å². The van der Waals surface area contributed by atoms with Gasteiger partial charge in [0.2, 0.25) is 0 Å². The minimum Gasteiger partial charge on any atom is -0.347 e. The van der Waals surface area contributed by atoms with Crippen LogP contribution in [0, 0.1) is 0 Å². The molecule has 2 heterocycles. The molecular formula is C21H16BrN3O3. The molecule has 1 saturated heterocycles. The molecule has 140 valence electrons. The number of fused-ring (bicyclic) bond motifs is 1. The van der Waals surface area contributed by atoms with E-state index < -0.39 is 17.8 Å². The number of amides is 4. The number of barbiturate groups is 1. The summed E-state index contributed by atoms with van der Waals surface area (Å²) in [4.78, 5) is 38.7. The van der Waals surface area contributed by atoms with Crippen LogP contribution < -0.4 is 10.2 Å². The fraction of sp³-hybridized carbons (Fsp3) is 0.0952. The van der Waals surface area contributed by atoms with E-state index in [0.29, 0.717) is 5.69 Å². The zero-order valence-electron chi connectivity index (χ0n) is 15.0. The Balaban J connectivity index is 1.80. The highest BCUT2D eigenvalue weighted by atomic mass is 79.9. The summed E-state index contributed by atoms with van der Waals surface area (Å²) in [6, 6.07) is 13.7. The smallest absolute Gasteiger partial charge is 0.335 e. The van der Waals surface area contributed by atoms with E-state index in [1.807, 2.05) is 42.0 Å². The molecule has 2 aromatic carbocycles. The lowest BCUT2D eigenvalue weighted by Crippen LogP contribution is -2.54. The molecule has 0 atom stereocenters. The largest absolute Gasteiger partial charge is 0.347 e. The maximum Gasteiger partial charge on any atom is 0.335 e. The Morgan fingerprint density at radius 3 is 2.46 bits per heavy atom. The van der Waals surface area contributed by atoms with Gasteiger partial charge in [0.1, 0.15) is 5.57 Å².